The number of ether oxygens (including phenoxy) is 1. The highest BCUT2D eigenvalue weighted by Gasteiger charge is 2.33. The Morgan fingerprint density at radius 2 is 2.08 bits per heavy atom. The lowest BCUT2D eigenvalue weighted by Crippen LogP contribution is -2.41. The lowest BCUT2D eigenvalue weighted by atomic mass is 10.1. The molecular weight excluding hydrogens is 376 g/mol. The summed E-state index contributed by atoms with van der Waals surface area (Å²) in [7, 11) is -3.89. The van der Waals surface area contributed by atoms with Crippen LogP contribution in [-0.4, -0.2) is 49.9 Å². The highest BCUT2D eigenvalue weighted by molar-refractivity contribution is 7.89. The molecule has 0 unspecified atom stereocenters. The monoisotopic (exact) mass is 393 g/mol. The number of fused-ring (bicyclic) bond motifs is 1. The molecule has 1 aliphatic heterocycles. The Morgan fingerprint density at radius 3 is 2.73 bits per heavy atom. The quantitative estimate of drug-likeness (QED) is 0.682. The van der Waals surface area contributed by atoms with Crippen molar-refractivity contribution in [1.82, 2.24) is 9.29 Å². The van der Waals surface area contributed by atoms with Crippen molar-refractivity contribution in [3.63, 3.8) is 0 Å². The van der Waals surface area contributed by atoms with E-state index in [4.69, 9.17) is 10.5 Å². The Bertz CT molecular complexity index is 1070. The molecule has 0 atom stereocenters. The van der Waals surface area contributed by atoms with Crippen molar-refractivity contribution in [1.29, 1.82) is 0 Å². The van der Waals surface area contributed by atoms with E-state index in [0.717, 1.165) is 10.6 Å². The molecule has 0 spiro atoms. The van der Waals surface area contributed by atoms with Gasteiger partial charge in [0, 0.05) is 24.0 Å². The molecular formula is C16H17N4O4S2+. The van der Waals surface area contributed by atoms with Crippen molar-refractivity contribution < 1.29 is 22.9 Å². The molecule has 1 aliphatic rings. The average molecular weight is 393 g/mol. The highest BCUT2D eigenvalue weighted by atomic mass is 32.2. The third kappa shape index (κ3) is 2.80. The molecule has 0 saturated carbocycles. The number of hydrogen-bond donors (Lipinski definition) is 2. The molecule has 8 nitrogen and oxygen atoms in total. The predicted octanol–water partition coefficient (Wildman–Crippen LogP) is 0.830. The maximum atomic E-state index is 13.2. The Kier molecular flexibility index (Phi) is 4.27. The van der Waals surface area contributed by atoms with Crippen LogP contribution in [0.15, 0.2) is 34.7 Å². The minimum atomic E-state index is -3.89. The zero-order valence-corrected chi connectivity index (χ0v) is 15.3. The van der Waals surface area contributed by atoms with Crippen LogP contribution in [0.1, 0.15) is 10.5 Å². The second kappa shape index (κ2) is 6.47. The molecule has 0 radical (unpaired) electrons. The molecule has 3 aromatic rings. The van der Waals surface area contributed by atoms with Crippen molar-refractivity contribution in [2.45, 2.75) is 4.90 Å². The van der Waals surface area contributed by atoms with E-state index >= 15 is 0 Å². The van der Waals surface area contributed by atoms with Gasteiger partial charge in [-0.2, -0.15) is 4.31 Å². The normalized spacial score (nSPS) is 16.2. The molecule has 1 saturated heterocycles. The van der Waals surface area contributed by atoms with Gasteiger partial charge >= 0.3 is 0 Å². The number of aromatic amines is 2. The minimum absolute atomic E-state index is 0.0692. The van der Waals surface area contributed by atoms with Gasteiger partial charge in [-0.05, 0) is 18.2 Å². The molecule has 1 amide bonds. The molecule has 0 aliphatic carbocycles. The molecule has 1 fully saturated rings. The first-order chi connectivity index (χ1) is 12.5. The maximum absolute atomic E-state index is 13.2. The lowest BCUT2D eigenvalue weighted by molar-refractivity contribution is -0.358. The van der Waals surface area contributed by atoms with E-state index in [1.165, 1.54) is 15.6 Å². The molecule has 0 bridgehead atoms. The molecule has 3 heterocycles. The Labute approximate surface area is 153 Å². The van der Waals surface area contributed by atoms with Gasteiger partial charge in [-0.15, -0.1) is 0 Å². The summed E-state index contributed by atoms with van der Waals surface area (Å²) in [5.74, 6) is -0.808. The van der Waals surface area contributed by atoms with Crippen LogP contribution in [0.5, 0.6) is 0 Å². The smallest absolute Gasteiger partial charge is 0.267 e. The van der Waals surface area contributed by atoms with Gasteiger partial charge in [0.25, 0.3) is 10.9 Å². The summed E-state index contributed by atoms with van der Waals surface area (Å²) >= 11 is 1.51. The number of carbonyl (C=O) groups excluding carboxylic acids is 1. The van der Waals surface area contributed by atoms with Gasteiger partial charge in [0.1, 0.15) is 10.6 Å². The van der Waals surface area contributed by atoms with Gasteiger partial charge in [0.15, 0.2) is 6.20 Å². The van der Waals surface area contributed by atoms with Crippen molar-refractivity contribution in [3.05, 3.63) is 35.5 Å². The predicted molar refractivity (Wildman–Crippen MR) is 96.3 cm³/mol. The third-order valence-corrected chi connectivity index (χ3v) is 7.14. The van der Waals surface area contributed by atoms with Crippen LogP contribution in [0.25, 0.3) is 21.5 Å². The maximum Gasteiger partial charge on any atom is 0.267 e. The summed E-state index contributed by atoms with van der Waals surface area (Å²) in [6.45, 7) is 1.13. The van der Waals surface area contributed by atoms with Crippen LogP contribution in [-0.2, 0) is 14.8 Å². The SMILES string of the molecule is NC(=O)c1[nH]c2ccc(-c3[nH+]ccs3)cc2c1S(=O)(=O)N1CCOCC1. The number of hydrogen-bond acceptors (Lipinski definition) is 5. The summed E-state index contributed by atoms with van der Waals surface area (Å²) < 4.78 is 33.0. The fourth-order valence-electron chi connectivity index (χ4n) is 3.06. The summed E-state index contributed by atoms with van der Waals surface area (Å²) in [6, 6.07) is 5.37. The zero-order chi connectivity index (χ0) is 18.3. The minimum Gasteiger partial charge on any atom is -0.379 e. The number of rotatable bonds is 4. The third-order valence-electron chi connectivity index (χ3n) is 4.30. The number of nitrogens with zero attached hydrogens (tertiary/aromatic N) is 1. The van der Waals surface area contributed by atoms with Crippen LogP contribution in [0.3, 0.4) is 0 Å². The number of thiazole rings is 1. The standard InChI is InChI=1S/C16H16N4O4S2/c17-15(21)13-14(26(22,23)20-4-6-24-7-5-20)11-9-10(1-2-12(11)19-13)16-18-3-8-25-16/h1-3,8-9,19H,4-7H2,(H2,17,21)/p+1. The second-order valence-corrected chi connectivity index (χ2v) is 8.66. The van der Waals surface area contributed by atoms with E-state index < -0.39 is 15.9 Å². The molecule has 4 rings (SSSR count). The van der Waals surface area contributed by atoms with Gasteiger partial charge in [0.05, 0.1) is 24.2 Å². The van der Waals surface area contributed by atoms with E-state index in [0.29, 0.717) is 24.1 Å². The summed E-state index contributed by atoms with van der Waals surface area (Å²) in [4.78, 5) is 17.8. The van der Waals surface area contributed by atoms with Gasteiger partial charge < -0.3 is 15.5 Å². The van der Waals surface area contributed by atoms with Crippen molar-refractivity contribution in [2.75, 3.05) is 26.3 Å². The van der Waals surface area contributed by atoms with E-state index in [1.54, 1.807) is 12.1 Å². The number of H-pyrrole nitrogens is 2. The number of sulfonamides is 1. The average Bonchev–Trinajstić information content (AvgIpc) is 3.29. The van der Waals surface area contributed by atoms with Gasteiger partial charge in [-0.1, -0.05) is 11.3 Å². The number of nitrogens with one attached hydrogen (secondary N) is 2. The van der Waals surface area contributed by atoms with Crippen molar-refractivity contribution in [2.24, 2.45) is 5.73 Å². The van der Waals surface area contributed by atoms with Gasteiger partial charge in [-0.25, -0.2) is 13.4 Å². The molecule has 26 heavy (non-hydrogen) atoms. The number of aromatic nitrogens is 2. The first-order valence-corrected chi connectivity index (χ1v) is 10.3. The topological polar surface area (TPSA) is 120 Å². The van der Waals surface area contributed by atoms with Crippen LogP contribution >= 0.6 is 11.3 Å². The number of morpholine rings is 1. The van der Waals surface area contributed by atoms with Crippen LogP contribution in [0, 0.1) is 0 Å². The number of primary amides is 1. The number of amides is 1. The van der Waals surface area contributed by atoms with Crippen LogP contribution < -0.4 is 10.7 Å². The number of carbonyl (C=O) groups is 1. The molecule has 10 heteroatoms. The first kappa shape index (κ1) is 17.2. The summed E-state index contributed by atoms with van der Waals surface area (Å²) in [5, 5.41) is 3.24. The Hall–Kier alpha value is -2.27. The highest BCUT2D eigenvalue weighted by Crippen LogP contribution is 2.33. The lowest BCUT2D eigenvalue weighted by Gasteiger charge is -2.26. The Morgan fingerprint density at radius 1 is 1.31 bits per heavy atom. The molecule has 1 aromatic carbocycles. The fraction of sp³-hybridized carbons (Fsp3) is 0.250. The number of benzene rings is 1. The van der Waals surface area contributed by atoms with Crippen molar-refractivity contribution in [3.8, 4) is 10.6 Å². The Balaban J connectivity index is 1.94. The van der Waals surface area contributed by atoms with Crippen LogP contribution in [0.4, 0.5) is 0 Å². The summed E-state index contributed by atoms with van der Waals surface area (Å²) in [5.41, 5.74) is 6.74. The van der Waals surface area contributed by atoms with Crippen LogP contribution in [0.2, 0.25) is 0 Å². The second-order valence-electron chi connectivity index (χ2n) is 5.86. The molecule has 4 N–H and O–H groups in total. The first-order valence-electron chi connectivity index (χ1n) is 7.97. The van der Waals surface area contributed by atoms with Gasteiger partial charge in [0.2, 0.25) is 10.0 Å². The van der Waals surface area contributed by atoms with E-state index in [-0.39, 0.29) is 23.7 Å². The van der Waals surface area contributed by atoms with E-state index in [9.17, 15) is 13.2 Å². The van der Waals surface area contributed by atoms with Crippen molar-refractivity contribution >= 4 is 38.2 Å². The molecule has 2 aromatic heterocycles. The largest absolute Gasteiger partial charge is 0.379 e. The van der Waals surface area contributed by atoms with E-state index in [1.807, 2.05) is 17.6 Å². The van der Waals surface area contributed by atoms with Gasteiger partial charge in [-0.3, -0.25) is 4.79 Å². The fourth-order valence-corrected chi connectivity index (χ4v) is 5.48. The van der Waals surface area contributed by atoms with E-state index in [2.05, 4.69) is 9.97 Å². The molecule has 136 valence electrons. The number of nitrogens with two attached hydrogens (primary N) is 1. The summed E-state index contributed by atoms with van der Waals surface area (Å²) in [6.07, 6.45) is 1.81. The zero-order valence-electron chi connectivity index (χ0n) is 13.7.